The van der Waals surface area contributed by atoms with Crippen molar-refractivity contribution in [1.29, 1.82) is 5.26 Å². The minimum absolute atomic E-state index is 0.0835. The molecule has 0 aliphatic heterocycles. The first kappa shape index (κ1) is 19.0. The first-order chi connectivity index (χ1) is 12.5. The van der Waals surface area contributed by atoms with E-state index in [4.69, 9.17) is 31.7 Å². The third-order valence-corrected chi connectivity index (χ3v) is 3.45. The van der Waals surface area contributed by atoms with Crippen molar-refractivity contribution in [2.24, 2.45) is 0 Å². The highest BCUT2D eigenvalue weighted by Crippen LogP contribution is 2.29. The van der Waals surface area contributed by atoms with Gasteiger partial charge in [0.1, 0.15) is 6.07 Å². The van der Waals surface area contributed by atoms with Crippen molar-refractivity contribution < 1.29 is 19.0 Å². The van der Waals surface area contributed by atoms with E-state index in [1.54, 1.807) is 18.2 Å². The van der Waals surface area contributed by atoms with E-state index < -0.39 is 11.5 Å². The second kappa shape index (κ2) is 8.64. The molecule has 134 valence electrons. The van der Waals surface area contributed by atoms with Gasteiger partial charge in [0.25, 0.3) is 5.56 Å². The van der Waals surface area contributed by atoms with Gasteiger partial charge in [-0.15, -0.1) is 0 Å². The molecule has 0 saturated carbocycles. The molecule has 0 aliphatic carbocycles. The molecule has 0 amide bonds. The average molecular weight is 373 g/mol. The molecule has 0 atom stereocenters. The summed E-state index contributed by atoms with van der Waals surface area (Å²) in [6.45, 7) is -0.123. The number of nitrogens with one attached hydrogen (secondary N) is 2. The molecule has 2 N–H and O–H groups in total. The fourth-order valence-electron chi connectivity index (χ4n) is 2.14. The number of carbonyl (C=O) groups is 1. The first-order valence-corrected chi connectivity index (χ1v) is 7.71. The van der Waals surface area contributed by atoms with Crippen LogP contribution in [0.1, 0.15) is 11.3 Å². The van der Waals surface area contributed by atoms with Gasteiger partial charge in [0, 0.05) is 6.07 Å². The van der Waals surface area contributed by atoms with Crippen LogP contribution in [0.15, 0.2) is 29.1 Å². The molecule has 1 aromatic heterocycles. The number of nitriles is 1. The van der Waals surface area contributed by atoms with Gasteiger partial charge in [-0.05, 0) is 36.0 Å². The molecule has 0 spiro atoms. The highest BCUT2D eigenvalue weighted by molar-refractivity contribution is 7.71. The van der Waals surface area contributed by atoms with Gasteiger partial charge in [-0.3, -0.25) is 9.78 Å². The molecule has 1 aromatic carbocycles. The van der Waals surface area contributed by atoms with Crippen LogP contribution in [0, 0.1) is 16.1 Å². The Kier molecular flexibility index (Phi) is 6.30. The van der Waals surface area contributed by atoms with E-state index >= 15 is 0 Å². The lowest BCUT2D eigenvalue weighted by molar-refractivity contribution is -0.133. The summed E-state index contributed by atoms with van der Waals surface area (Å²) in [5.41, 5.74) is 0.467. The second-order valence-corrected chi connectivity index (χ2v) is 5.32. The van der Waals surface area contributed by atoms with E-state index in [1.165, 1.54) is 26.4 Å². The highest BCUT2D eigenvalue weighted by atomic mass is 32.1. The molecule has 2 rings (SSSR count). The molecule has 26 heavy (non-hydrogen) atoms. The number of methoxy groups -OCH3 is 2. The summed E-state index contributed by atoms with van der Waals surface area (Å²) in [6, 6.07) is 7.98. The number of aromatic amines is 2. The molecule has 2 aromatic rings. The van der Waals surface area contributed by atoms with Crippen molar-refractivity contribution in [3.05, 3.63) is 50.6 Å². The number of carbonyl (C=O) groups excluding carboxylic acids is 1. The standard InChI is InChI=1S/C17H15N3O5S/c1-23-14-8-10(3-4-13(14)25-6-5-18)7-11(16(22)24-2)12-9-15(21)20-17(26)19-12/h3-4,7-9H,6H2,1-2H3,(H2,19,20,21,26)/b11-7-. The minimum Gasteiger partial charge on any atom is -0.493 e. The van der Waals surface area contributed by atoms with Crippen LogP contribution < -0.4 is 15.0 Å². The molecule has 0 bridgehead atoms. The number of ether oxygens (including phenoxy) is 3. The van der Waals surface area contributed by atoms with E-state index in [9.17, 15) is 9.59 Å². The summed E-state index contributed by atoms with van der Waals surface area (Å²) < 4.78 is 15.4. The zero-order valence-corrected chi connectivity index (χ0v) is 14.8. The molecular weight excluding hydrogens is 358 g/mol. The molecule has 0 aliphatic rings. The predicted octanol–water partition coefficient (Wildman–Crippen LogP) is 2.06. The number of rotatable bonds is 6. The second-order valence-electron chi connectivity index (χ2n) is 4.91. The number of hydrogen-bond donors (Lipinski definition) is 2. The summed E-state index contributed by atoms with van der Waals surface area (Å²) >= 11 is 4.94. The van der Waals surface area contributed by atoms with Gasteiger partial charge in [-0.25, -0.2) is 4.79 Å². The first-order valence-electron chi connectivity index (χ1n) is 7.30. The monoisotopic (exact) mass is 373 g/mol. The number of benzene rings is 1. The molecule has 0 unspecified atom stereocenters. The quantitative estimate of drug-likeness (QED) is 0.452. The summed E-state index contributed by atoms with van der Waals surface area (Å²) in [5.74, 6) is 0.128. The highest BCUT2D eigenvalue weighted by Gasteiger charge is 2.15. The van der Waals surface area contributed by atoms with Crippen LogP contribution in [0.4, 0.5) is 0 Å². The van der Waals surface area contributed by atoms with Crippen LogP contribution in [0.2, 0.25) is 0 Å². The molecule has 0 fully saturated rings. The molecule has 1 heterocycles. The zero-order valence-electron chi connectivity index (χ0n) is 14.0. The van der Waals surface area contributed by atoms with Crippen LogP contribution in [-0.4, -0.2) is 36.8 Å². The summed E-state index contributed by atoms with van der Waals surface area (Å²) in [7, 11) is 2.69. The van der Waals surface area contributed by atoms with Crippen LogP contribution in [0.25, 0.3) is 11.6 Å². The summed E-state index contributed by atoms with van der Waals surface area (Å²) in [6.07, 6.45) is 1.52. The van der Waals surface area contributed by atoms with Crippen molar-refractivity contribution in [2.45, 2.75) is 0 Å². The number of H-pyrrole nitrogens is 2. The smallest absolute Gasteiger partial charge is 0.339 e. The average Bonchev–Trinajstić information content (AvgIpc) is 2.63. The van der Waals surface area contributed by atoms with Gasteiger partial charge in [-0.1, -0.05) is 6.07 Å². The van der Waals surface area contributed by atoms with Gasteiger partial charge >= 0.3 is 5.97 Å². The molecule has 9 heteroatoms. The lowest BCUT2D eigenvalue weighted by Crippen LogP contribution is -2.12. The SMILES string of the molecule is COC(=O)/C(=C\c1ccc(OCC#N)c(OC)c1)c1cc(=O)[nH]c(=S)[nH]1. The topological polar surface area (TPSA) is 117 Å². The van der Waals surface area contributed by atoms with E-state index in [0.29, 0.717) is 17.1 Å². The van der Waals surface area contributed by atoms with Gasteiger partial charge in [0.05, 0.1) is 25.5 Å². The van der Waals surface area contributed by atoms with Crippen LogP contribution >= 0.6 is 12.2 Å². The van der Waals surface area contributed by atoms with E-state index in [1.807, 2.05) is 6.07 Å². The maximum atomic E-state index is 12.2. The van der Waals surface area contributed by atoms with Gasteiger partial charge in [-0.2, -0.15) is 5.26 Å². The molecule has 0 saturated heterocycles. The lowest BCUT2D eigenvalue weighted by atomic mass is 10.1. The third kappa shape index (κ3) is 4.58. The van der Waals surface area contributed by atoms with Gasteiger partial charge in [0.15, 0.2) is 22.9 Å². The van der Waals surface area contributed by atoms with Crippen molar-refractivity contribution >= 4 is 29.8 Å². The Hall–Kier alpha value is -3.38. The van der Waals surface area contributed by atoms with Crippen molar-refractivity contribution in [3.8, 4) is 17.6 Å². The fourth-order valence-corrected chi connectivity index (χ4v) is 2.35. The van der Waals surface area contributed by atoms with Gasteiger partial charge in [0.2, 0.25) is 0 Å². The molecular formula is C17H15N3O5S. The van der Waals surface area contributed by atoms with Crippen molar-refractivity contribution in [1.82, 2.24) is 9.97 Å². The fraction of sp³-hybridized carbons (Fsp3) is 0.176. The van der Waals surface area contributed by atoms with E-state index in [-0.39, 0.29) is 22.6 Å². The zero-order chi connectivity index (χ0) is 19.1. The summed E-state index contributed by atoms with van der Waals surface area (Å²) in [5, 5.41) is 8.61. The third-order valence-electron chi connectivity index (χ3n) is 3.25. The molecule has 8 nitrogen and oxygen atoms in total. The molecule has 0 radical (unpaired) electrons. The Morgan fingerprint density at radius 3 is 2.65 bits per heavy atom. The Balaban J connectivity index is 2.53. The van der Waals surface area contributed by atoms with Crippen LogP contribution in [-0.2, 0) is 9.53 Å². The maximum Gasteiger partial charge on any atom is 0.339 e. The number of esters is 1. The largest absolute Gasteiger partial charge is 0.493 e. The normalized spacial score (nSPS) is 10.7. The van der Waals surface area contributed by atoms with Gasteiger partial charge < -0.3 is 19.2 Å². The lowest BCUT2D eigenvalue weighted by Gasteiger charge is -2.10. The Morgan fingerprint density at radius 2 is 2.04 bits per heavy atom. The van der Waals surface area contributed by atoms with Crippen LogP contribution in [0.3, 0.4) is 0 Å². The van der Waals surface area contributed by atoms with Crippen molar-refractivity contribution in [3.63, 3.8) is 0 Å². The predicted molar refractivity (Wildman–Crippen MR) is 96.2 cm³/mol. The van der Waals surface area contributed by atoms with E-state index in [2.05, 4.69) is 9.97 Å². The summed E-state index contributed by atoms with van der Waals surface area (Å²) in [4.78, 5) is 28.9. The Labute approximate surface area is 153 Å². The Morgan fingerprint density at radius 1 is 1.27 bits per heavy atom. The number of aromatic nitrogens is 2. The maximum absolute atomic E-state index is 12.2. The Bertz CT molecular complexity index is 972. The van der Waals surface area contributed by atoms with E-state index in [0.717, 1.165) is 0 Å². The minimum atomic E-state index is -0.648. The van der Waals surface area contributed by atoms with Crippen LogP contribution in [0.5, 0.6) is 11.5 Å². The number of hydrogen-bond acceptors (Lipinski definition) is 7. The number of nitrogens with zero attached hydrogens (tertiary/aromatic N) is 1. The van der Waals surface area contributed by atoms with Crippen molar-refractivity contribution in [2.75, 3.05) is 20.8 Å².